The molecule has 0 atom stereocenters. The van der Waals surface area contributed by atoms with Gasteiger partial charge in [0.25, 0.3) is 0 Å². The van der Waals surface area contributed by atoms with Gasteiger partial charge >= 0.3 is 0 Å². The number of rotatable bonds is 10. The zero-order valence-electron chi connectivity index (χ0n) is 43.4. The normalized spacial score (nSPS) is 12.4. The van der Waals surface area contributed by atoms with Crippen molar-refractivity contribution in [3.63, 3.8) is 0 Å². The van der Waals surface area contributed by atoms with Crippen LogP contribution in [0.2, 0.25) is 0 Å². The number of nitrogens with zero attached hydrogens (tertiary/aromatic N) is 2. The van der Waals surface area contributed by atoms with Gasteiger partial charge in [0, 0.05) is 33.5 Å². The fourth-order valence-corrected chi connectivity index (χ4v) is 12.7. The van der Waals surface area contributed by atoms with E-state index in [2.05, 4.69) is 325 Å². The van der Waals surface area contributed by atoms with Crippen molar-refractivity contribution in [1.29, 1.82) is 0 Å². The molecule has 0 amide bonds. The highest BCUT2D eigenvalue weighted by molar-refractivity contribution is 6.10. The van der Waals surface area contributed by atoms with E-state index >= 15 is 0 Å². The third-order valence-corrected chi connectivity index (χ3v) is 16.5. The Hall–Kier alpha value is -10.3. The van der Waals surface area contributed by atoms with E-state index in [-0.39, 0.29) is 0 Å². The van der Waals surface area contributed by atoms with Gasteiger partial charge in [-0.3, -0.25) is 0 Å². The van der Waals surface area contributed by atoms with E-state index in [1.807, 2.05) is 0 Å². The quantitative estimate of drug-likeness (QED) is 0.133. The Labute approximate surface area is 461 Å². The molecule has 0 saturated heterocycles. The van der Waals surface area contributed by atoms with Crippen LogP contribution in [0.3, 0.4) is 0 Å². The molecule has 1 heterocycles. The zero-order valence-corrected chi connectivity index (χ0v) is 43.4. The standard InChI is InChI=1S/C77H52N2/c1-4-17-53(18-5-1)55-37-44-66(45-38-55)79-75-30-15-13-28-71(75)72-51-62(41-48-76(72)79)57-33-31-56(32-34-57)60-21-16-26-67(50-60)78(65-42-39-58(40-43-65)61-36-35-54-19-10-11-20-59(54)49-61)68-46-47-70-69-27-12-14-29-73(69)77(74(70)52-68,63-22-6-2-7-23-63)64-24-8-3-9-25-64/h1-52H. The number of aromatic nitrogens is 1. The lowest BCUT2D eigenvalue weighted by Crippen LogP contribution is -2.28. The lowest BCUT2D eigenvalue weighted by molar-refractivity contribution is 0.768. The van der Waals surface area contributed by atoms with Crippen molar-refractivity contribution in [1.82, 2.24) is 4.57 Å². The topological polar surface area (TPSA) is 8.17 Å². The molecule has 0 aliphatic heterocycles. The van der Waals surface area contributed by atoms with Crippen LogP contribution in [0.1, 0.15) is 22.3 Å². The first-order valence-electron chi connectivity index (χ1n) is 27.3. The van der Waals surface area contributed by atoms with Crippen molar-refractivity contribution in [3.05, 3.63) is 338 Å². The maximum Gasteiger partial charge on any atom is 0.0714 e. The molecule has 14 aromatic rings. The van der Waals surface area contributed by atoms with Gasteiger partial charge in [0.15, 0.2) is 0 Å². The molecule has 2 heteroatoms. The van der Waals surface area contributed by atoms with Crippen LogP contribution >= 0.6 is 0 Å². The van der Waals surface area contributed by atoms with Crippen molar-refractivity contribution in [2.45, 2.75) is 5.41 Å². The molecule has 15 rings (SSSR count). The van der Waals surface area contributed by atoms with Crippen LogP contribution in [-0.4, -0.2) is 4.57 Å². The van der Waals surface area contributed by atoms with E-state index in [1.165, 1.54) is 99.3 Å². The molecule has 0 saturated carbocycles. The predicted octanol–water partition coefficient (Wildman–Crippen LogP) is 20.4. The smallest absolute Gasteiger partial charge is 0.0714 e. The average Bonchev–Trinajstić information content (AvgIpc) is 4.21. The third-order valence-electron chi connectivity index (χ3n) is 16.5. The lowest BCUT2D eigenvalue weighted by Gasteiger charge is -2.35. The Balaban J connectivity index is 0.821. The maximum absolute atomic E-state index is 2.46. The summed E-state index contributed by atoms with van der Waals surface area (Å²) in [6.07, 6.45) is 0. The van der Waals surface area contributed by atoms with Crippen molar-refractivity contribution in [3.8, 4) is 61.3 Å². The molecule has 0 unspecified atom stereocenters. The molecule has 0 fully saturated rings. The van der Waals surface area contributed by atoms with Gasteiger partial charge in [0.2, 0.25) is 0 Å². The number of hydrogen-bond acceptors (Lipinski definition) is 1. The molecular weight excluding hydrogens is 953 g/mol. The van der Waals surface area contributed by atoms with E-state index in [9.17, 15) is 0 Å². The first-order chi connectivity index (χ1) is 39.2. The van der Waals surface area contributed by atoms with E-state index in [4.69, 9.17) is 0 Å². The minimum absolute atomic E-state index is 0.531. The van der Waals surface area contributed by atoms with Crippen LogP contribution in [0.25, 0.3) is 93.9 Å². The number of hydrogen-bond donors (Lipinski definition) is 0. The fraction of sp³-hybridized carbons (Fsp3) is 0.0130. The molecular formula is C77H52N2. The number of benzene rings is 13. The van der Waals surface area contributed by atoms with Crippen molar-refractivity contribution in [2.24, 2.45) is 0 Å². The Kier molecular flexibility index (Phi) is 11.1. The Bertz CT molecular complexity index is 4520. The van der Waals surface area contributed by atoms with Crippen molar-refractivity contribution in [2.75, 3.05) is 4.90 Å². The van der Waals surface area contributed by atoms with Crippen LogP contribution in [0.5, 0.6) is 0 Å². The van der Waals surface area contributed by atoms with E-state index in [1.54, 1.807) is 0 Å². The summed E-state index contributed by atoms with van der Waals surface area (Å²) >= 11 is 0. The fourth-order valence-electron chi connectivity index (χ4n) is 12.7. The molecule has 79 heavy (non-hydrogen) atoms. The molecule has 0 N–H and O–H groups in total. The Morgan fingerprint density at radius 1 is 0.253 bits per heavy atom. The minimum atomic E-state index is -0.531. The molecule has 370 valence electrons. The van der Waals surface area contributed by atoms with Crippen LogP contribution < -0.4 is 4.90 Å². The Morgan fingerprint density at radius 2 is 0.734 bits per heavy atom. The van der Waals surface area contributed by atoms with Gasteiger partial charge in [-0.2, -0.15) is 0 Å². The lowest BCUT2D eigenvalue weighted by atomic mass is 9.67. The summed E-state index contributed by atoms with van der Waals surface area (Å²) in [4.78, 5) is 2.44. The molecule has 0 spiro atoms. The molecule has 13 aromatic carbocycles. The first-order valence-corrected chi connectivity index (χ1v) is 27.3. The molecule has 1 aliphatic rings. The van der Waals surface area contributed by atoms with Crippen LogP contribution in [-0.2, 0) is 5.41 Å². The average molecular weight is 1010 g/mol. The summed E-state index contributed by atoms with van der Waals surface area (Å²) in [6.45, 7) is 0. The third kappa shape index (κ3) is 7.79. The maximum atomic E-state index is 2.46. The summed E-state index contributed by atoms with van der Waals surface area (Å²) in [5.41, 5.74) is 23.3. The van der Waals surface area contributed by atoms with Gasteiger partial charge < -0.3 is 9.47 Å². The number of para-hydroxylation sites is 1. The highest BCUT2D eigenvalue weighted by Gasteiger charge is 2.46. The summed E-state index contributed by atoms with van der Waals surface area (Å²) in [5.74, 6) is 0. The van der Waals surface area contributed by atoms with Gasteiger partial charge in [0.1, 0.15) is 0 Å². The van der Waals surface area contributed by atoms with E-state index < -0.39 is 5.41 Å². The second-order valence-corrected chi connectivity index (χ2v) is 20.8. The van der Waals surface area contributed by atoms with Gasteiger partial charge in [0.05, 0.1) is 16.4 Å². The highest BCUT2D eigenvalue weighted by Crippen LogP contribution is 2.57. The Morgan fingerprint density at radius 3 is 1.47 bits per heavy atom. The molecule has 0 bridgehead atoms. The van der Waals surface area contributed by atoms with Crippen LogP contribution in [0, 0.1) is 0 Å². The number of anilines is 3. The summed E-state index contributed by atoms with van der Waals surface area (Å²) in [7, 11) is 0. The SMILES string of the molecule is c1ccc(-c2ccc(-n3c4ccccc4c4cc(-c5ccc(-c6cccc(N(c7ccc(-c8ccc9ccccc9c8)cc7)c7ccc8c(c7)C(c7ccccc7)(c7ccccc7)c7ccccc7-8)c6)cc5)ccc43)cc2)cc1. The first kappa shape index (κ1) is 46.1. The molecule has 0 radical (unpaired) electrons. The second kappa shape index (κ2) is 19.1. The molecule has 1 aromatic heterocycles. The summed E-state index contributed by atoms with van der Waals surface area (Å²) in [6, 6.07) is 116. The van der Waals surface area contributed by atoms with E-state index in [0.29, 0.717) is 0 Å². The van der Waals surface area contributed by atoms with Crippen molar-refractivity contribution < 1.29 is 0 Å². The van der Waals surface area contributed by atoms with Crippen LogP contribution in [0.15, 0.2) is 315 Å². The monoisotopic (exact) mass is 1000 g/mol. The number of fused-ring (bicyclic) bond motifs is 7. The van der Waals surface area contributed by atoms with Gasteiger partial charge in [-0.15, -0.1) is 0 Å². The predicted molar refractivity (Wildman–Crippen MR) is 332 cm³/mol. The van der Waals surface area contributed by atoms with Gasteiger partial charge in [-0.25, -0.2) is 0 Å². The molecule has 1 aliphatic carbocycles. The second-order valence-electron chi connectivity index (χ2n) is 20.8. The summed E-state index contributed by atoms with van der Waals surface area (Å²) in [5, 5.41) is 4.96. The van der Waals surface area contributed by atoms with Gasteiger partial charge in [-0.05, 0) is 161 Å². The van der Waals surface area contributed by atoms with Gasteiger partial charge in [-0.1, -0.05) is 243 Å². The van der Waals surface area contributed by atoms with E-state index in [0.717, 1.165) is 33.9 Å². The minimum Gasteiger partial charge on any atom is -0.310 e. The summed E-state index contributed by atoms with van der Waals surface area (Å²) < 4.78 is 2.40. The zero-order chi connectivity index (χ0) is 52.3. The molecule has 2 nitrogen and oxygen atoms in total. The largest absolute Gasteiger partial charge is 0.310 e. The van der Waals surface area contributed by atoms with Crippen molar-refractivity contribution >= 4 is 49.6 Å². The van der Waals surface area contributed by atoms with Crippen LogP contribution in [0.4, 0.5) is 17.1 Å². The highest BCUT2D eigenvalue weighted by atomic mass is 15.1.